The minimum Gasteiger partial charge on any atom is -0.317 e. The van der Waals surface area contributed by atoms with Gasteiger partial charge < -0.3 is 5.32 Å². The highest BCUT2D eigenvalue weighted by atomic mass is 19.4. The van der Waals surface area contributed by atoms with E-state index in [-0.39, 0.29) is 17.3 Å². The number of rotatable bonds is 2. The first-order valence-electron chi connectivity index (χ1n) is 6.85. The molecular weight excluding hydrogens is 281 g/mol. The fourth-order valence-corrected chi connectivity index (χ4v) is 2.60. The molecule has 0 aliphatic carbocycles. The van der Waals surface area contributed by atoms with E-state index in [9.17, 15) is 13.2 Å². The van der Waals surface area contributed by atoms with Gasteiger partial charge in [-0.05, 0) is 32.0 Å². The van der Waals surface area contributed by atoms with E-state index in [1.807, 2.05) is 0 Å². The molecule has 112 valence electrons. The molecule has 2 N–H and O–H groups in total. The van der Waals surface area contributed by atoms with Crippen LogP contribution < -0.4 is 5.32 Å². The highest BCUT2D eigenvalue weighted by molar-refractivity contribution is 5.60. The van der Waals surface area contributed by atoms with Crippen molar-refractivity contribution < 1.29 is 13.2 Å². The van der Waals surface area contributed by atoms with Gasteiger partial charge >= 0.3 is 6.18 Å². The number of halogens is 3. The molecule has 0 atom stereocenters. The van der Waals surface area contributed by atoms with Gasteiger partial charge in [0.2, 0.25) is 0 Å². The lowest BCUT2D eigenvalue weighted by atomic mass is 9.97. The van der Waals surface area contributed by atoms with Gasteiger partial charge in [0.15, 0.2) is 5.82 Å². The number of benzene rings is 1. The molecule has 0 unspecified atom stereocenters. The lowest BCUT2D eigenvalue weighted by Crippen LogP contribution is -2.27. The van der Waals surface area contributed by atoms with Gasteiger partial charge in [-0.25, -0.2) is 4.98 Å². The largest absolute Gasteiger partial charge is 0.417 e. The molecule has 2 aromatic rings. The van der Waals surface area contributed by atoms with E-state index in [0.29, 0.717) is 5.82 Å². The molecule has 0 saturated carbocycles. The second-order valence-electron chi connectivity index (χ2n) is 5.11. The summed E-state index contributed by atoms with van der Waals surface area (Å²) < 4.78 is 39.1. The van der Waals surface area contributed by atoms with Crippen LogP contribution in [0.3, 0.4) is 0 Å². The third kappa shape index (κ3) is 2.92. The van der Waals surface area contributed by atoms with Crippen LogP contribution in [0.4, 0.5) is 13.2 Å². The Morgan fingerprint density at radius 3 is 2.52 bits per heavy atom. The average Bonchev–Trinajstić information content (AvgIpc) is 2.97. The summed E-state index contributed by atoms with van der Waals surface area (Å²) in [5.41, 5.74) is -0.692. The van der Waals surface area contributed by atoms with Gasteiger partial charge in [-0.2, -0.15) is 18.3 Å². The summed E-state index contributed by atoms with van der Waals surface area (Å²) in [6.07, 6.45) is -2.59. The van der Waals surface area contributed by atoms with E-state index in [2.05, 4.69) is 20.5 Å². The second kappa shape index (κ2) is 5.48. The van der Waals surface area contributed by atoms with Gasteiger partial charge in [-0.1, -0.05) is 18.2 Å². The third-order valence-electron chi connectivity index (χ3n) is 3.70. The zero-order valence-corrected chi connectivity index (χ0v) is 11.2. The Hall–Kier alpha value is -1.89. The van der Waals surface area contributed by atoms with Crippen LogP contribution in [0.2, 0.25) is 0 Å². The predicted molar refractivity (Wildman–Crippen MR) is 71.7 cm³/mol. The molecule has 2 heterocycles. The number of hydrogen-bond donors (Lipinski definition) is 2. The van der Waals surface area contributed by atoms with Gasteiger partial charge in [-0.3, -0.25) is 5.10 Å². The summed E-state index contributed by atoms with van der Waals surface area (Å²) in [7, 11) is 0. The fraction of sp³-hybridized carbons (Fsp3) is 0.429. The summed E-state index contributed by atoms with van der Waals surface area (Å²) in [6.45, 7) is 1.78. The molecule has 1 aliphatic heterocycles. The molecular formula is C14H15F3N4. The molecule has 1 saturated heterocycles. The second-order valence-corrected chi connectivity index (χ2v) is 5.11. The third-order valence-corrected chi connectivity index (χ3v) is 3.70. The number of alkyl halides is 3. The van der Waals surface area contributed by atoms with Gasteiger partial charge in [0.05, 0.1) is 5.56 Å². The zero-order valence-electron chi connectivity index (χ0n) is 11.2. The van der Waals surface area contributed by atoms with Gasteiger partial charge in [-0.15, -0.1) is 0 Å². The summed E-state index contributed by atoms with van der Waals surface area (Å²) >= 11 is 0. The molecule has 0 spiro atoms. The topological polar surface area (TPSA) is 53.6 Å². The van der Waals surface area contributed by atoms with Crippen LogP contribution in [0, 0.1) is 0 Å². The van der Waals surface area contributed by atoms with Crippen molar-refractivity contribution in [3.8, 4) is 11.4 Å². The number of aromatic amines is 1. The van der Waals surface area contributed by atoms with Crippen LogP contribution in [0.1, 0.15) is 30.1 Å². The van der Waals surface area contributed by atoms with Gasteiger partial charge in [0, 0.05) is 11.5 Å². The maximum Gasteiger partial charge on any atom is 0.417 e. The average molecular weight is 296 g/mol. The molecule has 7 heteroatoms. The van der Waals surface area contributed by atoms with Crippen molar-refractivity contribution in [1.29, 1.82) is 0 Å². The van der Waals surface area contributed by atoms with Crippen LogP contribution in [-0.2, 0) is 6.18 Å². The van der Waals surface area contributed by atoms with Crippen molar-refractivity contribution >= 4 is 0 Å². The van der Waals surface area contributed by atoms with E-state index in [1.165, 1.54) is 12.1 Å². The van der Waals surface area contributed by atoms with Crippen LogP contribution >= 0.6 is 0 Å². The Balaban J connectivity index is 1.93. The van der Waals surface area contributed by atoms with Crippen molar-refractivity contribution in [1.82, 2.24) is 20.5 Å². The molecule has 21 heavy (non-hydrogen) atoms. The van der Waals surface area contributed by atoms with Gasteiger partial charge in [0.25, 0.3) is 0 Å². The number of hydrogen-bond acceptors (Lipinski definition) is 3. The summed E-state index contributed by atoms with van der Waals surface area (Å²) in [5.74, 6) is 1.01. The highest BCUT2D eigenvalue weighted by Crippen LogP contribution is 2.36. The quantitative estimate of drug-likeness (QED) is 0.896. The standard InChI is InChI=1S/C14H15F3N4/c15-14(16,17)11-4-2-1-3-10(11)13-19-12(20-21-13)9-5-7-18-8-6-9/h1-4,9,18H,5-8H2,(H,19,20,21). The molecule has 0 amide bonds. The molecule has 1 aromatic carbocycles. The molecule has 0 bridgehead atoms. The van der Waals surface area contributed by atoms with E-state index < -0.39 is 11.7 Å². The Kier molecular flexibility index (Phi) is 3.67. The number of aromatic nitrogens is 3. The SMILES string of the molecule is FC(F)(F)c1ccccc1-c1n[nH]c(C2CCNCC2)n1. The van der Waals surface area contributed by atoms with E-state index in [1.54, 1.807) is 6.07 Å². The lowest BCUT2D eigenvalue weighted by molar-refractivity contribution is -0.137. The van der Waals surface area contributed by atoms with Crippen LogP contribution in [-0.4, -0.2) is 28.3 Å². The number of nitrogens with zero attached hydrogens (tertiary/aromatic N) is 2. The first kappa shape index (κ1) is 14.1. The van der Waals surface area contributed by atoms with Crippen molar-refractivity contribution in [3.63, 3.8) is 0 Å². The maximum absolute atomic E-state index is 13.0. The van der Waals surface area contributed by atoms with E-state index in [4.69, 9.17) is 0 Å². The first-order valence-corrected chi connectivity index (χ1v) is 6.85. The van der Waals surface area contributed by atoms with E-state index >= 15 is 0 Å². The fourth-order valence-electron chi connectivity index (χ4n) is 2.60. The summed E-state index contributed by atoms with van der Waals surface area (Å²) in [6, 6.07) is 5.38. The summed E-state index contributed by atoms with van der Waals surface area (Å²) in [5, 5.41) is 10.0. The van der Waals surface area contributed by atoms with Crippen molar-refractivity contribution in [3.05, 3.63) is 35.7 Å². The Morgan fingerprint density at radius 1 is 1.10 bits per heavy atom. The maximum atomic E-state index is 13.0. The smallest absolute Gasteiger partial charge is 0.317 e. The van der Waals surface area contributed by atoms with Crippen LogP contribution in [0.15, 0.2) is 24.3 Å². The monoisotopic (exact) mass is 296 g/mol. The highest BCUT2D eigenvalue weighted by Gasteiger charge is 2.34. The number of H-pyrrole nitrogens is 1. The van der Waals surface area contributed by atoms with Gasteiger partial charge in [0.1, 0.15) is 5.82 Å². The Morgan fingerprint density at radius 2 is 1.81 bits per heavy atom. The Bertz CT molecular complexity index is 615. The van der Waals surface area contributed by atoms with Crippen molar-refractivity contribution in [2.75, 3.05) is 13.1 Å². The van der Waals surface area contributed by atoms with E-state index in [0.717, 1.165) is 32.0 Å². The molecule has 1 fully saturated rings. The normalized spacial score (nSPS) is 17.1. The lowest BCUT2D eigenvalue weighted by Gasteiger charge is -2.19. The van der Waals surface area contributed by atoms with Crippen LogP contribution in [0.25, 0.3) is 11.4 Å². The number of nitrogens with one attached hydrogen (secondary N) is 2. The number of piperidine rings is 1. The molecule has 1 aromatic heterocycles. The summed E-state index contributed by atoms with van der Waals surface area (Å²) in [4.78, 5) is 4.28. The minimum atomic E-state index is -4.41. The van der Waals surface area contributed by atoms with Crippen LogP contribution in [0.5, 0.6) is 0 Å². The van der Waals surface area contributed by atoms with Crippen molar-refractivity contribution in [2.45, 2.75) is 24.9 Å². The zero-order chi connectivity index (χ0) is 14.9. The molecule has 4 nitrogen and oxygen atoms in total. The van der Waals surface area contributed by atoms with Crippen molar-refractivity contribution in [2.24, 2.45) is 0 Å². The molecule has 0 radical (unpaired) electrons. The first-order chi connectivity index (χ1) is 10.1. The predicted octanol–water partition coefficient (Wildman–Crippen LogP) is 2.96. The molecule has 1 aliphatic rings. The minimum absolute atomic E-state index is 0.0152. The molecule has 3 rings (SSSR count). The Labute approximate surface area is 119 Å².